The van der Waals surface area contributed by atoms with Gasteiger partial charge in [0.15, 0.2) is 5.60 Å². The minimum atomic E-state index is -1.06. The van der Waals surface area contributed by atoms with Crippen LogP contribution in [0.25, 0.3) is 0 Å². The third-order valence-electron chi connectivity index (χ3n) is 2.15. The zero-order valence-corrected chi connectivity index (χ0v) is 8.05. The van der Waals surface area contributed by atoms with Crippen molar-refractivity contribution < 1.29 is 19.4 Å². The standard InChI is InChI=1S/C8H13ClO4/c9-3-6-13-8(7(10)11)1-4-12-5-2-8/h1-6H2,(H,10,11). The van der Waals surface area contributed by atoms with Crippen molar-refractivity contribution >= 4 is 17.6 Å². The Labute approximate surface area is 81.8 Å². The molecule has 1 fully saturated rings. The summed E-state index contributed by atoms with van der Waals surface area (Å²) in [6, 6.07) is 0. The Hall–Kier alpha value is -0.320. The van der Waals surface area contributed by atoms with Gasteiger partial charge in [-0.3, -0.25) is 0 Å². The van der Waals surface area contributed by atoms with Crippen molar-refractivity contribution in [1.29, 1.82) is 0 Å². The van der Waals surface area contributed by atoms with Gasteiger partial charge in [-0.25, -0.2) is 4.79 Å². The molecule has 13 heavy (non-hydrogen) atoms. The predicted octanol–water partition coefficient (Wildman–Crippen LogP) is 0.876. The molecule has 0 bridgehead atoms. The monoisotopic (exact) mass is 208 g/mol. The highest BCUT2D eigenvalue weighted by Crippen LogP contribution is 2.25. The van der Waals surface area contributed by atoms with E-state index in [0.717, 1.165) is 0 Å². The molecule has 0 aromatic carbocycles. The molecule has 0 aliphatic carbocycles. The molecule has 1 rings (SSSR count). The number of rotatable bonds is 4. The first-order valence-electron chi connectivity index (χ1n) is 4.22. The van der Waals surface area contributed by atoms with Crippen LogP contribution >= 0.6 is 11.6 Å². The Morgan fingerprint density at radius 2 is 2.15 bits per heavy atom. The summed E-state index contributed by atoms with van der Waals surface area (Å²) < 4.78 is 10.3. The van der Waals surface area contributed by atoms with Crippen LogP contribution in [-0.4, -0.2) is 42.4 Å². The lowest BCUT2D eigenvalue weighted by Crippen LogP contribution is -2.46. The van der Waals surface area contributed by atoms with E-state index < -0.39 is 11.6 Å². The Kier molecular flexibility index (Phi) is 3.96. The Morgan fingerprint density at radius 3 is 2.62 bits per heavy atom. The van der Waals surface area contributed by atoms with E-state index in [1.807, 2.05) is 0 Å². The van der Waals surface area contributed by atoms with Crippen molar-refractivity contribution in [2.75, 3.05) is 25.7 Å². The van der Waals surface area contributed by atoms with Crippen molar-refractivity contribution in [2.24, 2.45) is 0 Å². The van der Waals surface area contributed by atoms with Crippen molar-refractivity contribution in [1.82, 2.24) is 0 Å². The summed E-state index contributed by atoms with van der Waals surface area (Å²) >= 11 is 5.44. The van der Waals surface area contributed by atoms with E-state index in [2.05, 4.69) is 0 Å². The van der Waals surface area contributed by atoms with Crippen LogP contribution in [0, 0.1) is 0 Å². The SMILES string of the molecule is O=C(O)C1(OCCCl)CCOCC1. The topological polar surface area (TPSA) is 55.8 Å². The lowest BCUT2D eigenvalue weighted by Gasteiger charge is -2.32. The van der Waals surface area contributed by atoms with E-state index in [9.17, 15) is 4.79 Å². The maximum Gasteiger partial charge on any atom is 0.336 e. The molecule has 0 spiro atoms. The summed E-state index contributed by atoms with van der Waals surface area (Å²) in [7, 11) is 0. The molecule has 1 N–H and O–H groups in total. The molecule has 1 aliphatic heterocycles. The van der Waals surface area contributed by atoms with Gasteiger partial charge in [-0.1, -0.05) is 0 Å². The fourth-order valence-electron chi connectivity index (χ4n) is 1.36. The van der Waals surface area contributed by atoms with Crippen molar-refractivity contribution in [2.45, 2.75) is 18.4 Å². The lowest BCUT2D eigenvalue weighted by atomic mass is 9.94. The second-order valence-electron chi connectivity index (χ2n) is 2.95. The molecular formula is C8H13ClO4. The van der Waals surface area contributed by atoms with E-state index in [4.69, 9.17) is 26.2 Å². The molecule has 76 valence electrons. The number of aliphatic carboxylic acids is 1. The van der Waals surface area contributed by atoms with Crippen LogP contribution in [0.4, 0.5) is 0 Å². The average Bonchev–Trinajstić information content (AvgIpc) is 2.16. The summed E-state index contributed by atoms with van der Waals surface area (Å²) in [5, 5.41) is 8.99. The van der Waals surface area contributed by atoms with Gasteiger partial charge in [0.05, 0.1) is 6.61 Å². The van der Waals surface area contributed by atoms with Gasteiger partial charge in [0, 0.05) is 31.9 Å². The molecular weight excluding hydrogens is 196 g/mol. The fraction of sp³-hybridized carbons (Fsp3) is 0.875. The van der Waals surface area contributed by atoms with Gasteiger partial charge >= 0.3 is 5.97 Å². The van der Waals surface area contributed by atoms with E-state index in [-0.39, 0.29) is 6.61 Å². The molecule has 0 unspecified atom stereocenters. The van der Waals surface area contributed by atoms with Gasteiger partial charge in [0.1, 0.15) is 0 Å². The zero-order chi connectivity index (χ0) is 9.73. The first-order valence-corrected chi connectivity index (χ1v) is 4.76. The molecule has 5 heteroatoms. The average molecular weight is 209 g/mol. The van der Waals surface area contributed by atoms with Crippen molar-refractivity contribution in [3.05, 3.63) is 0 Å². The predicted molar refractivity (Wildman–Crippen MR) is 47.1 cm³/mol. The maximum absolute atomic E-state index is 11.0. The first kappa shape index (κ1) is 10.8. The van der Waals surface area contributed by atoms with Gasteiger partial charge < -0.3 is 14.6 Å². The summed E-state index contributed by atoms with van der Waals surface area (Å²) in [6.45, 7) is 1.15. The van der Waals surface area contributed by atoms with E-state index >= 15 is 0 Å². The smallest absolute Gasteiger partial charge is 0.336 e. The van der Waals surface area contributed by atoms with Crippen molar-refractivity contribution in [3.63, 3.8) is 0 Å². The van der Waals surface area contributed by atoms with Gasteiger partial charge in [-0.05, 0) is 0 Å². The fourth-order valence-corrected chi connectivity index (χ4v) is 1.43. The quantitative estimate of drug-likeness (QED) is 0.697. The highest BCUT2D eigenvalue weighted by Gasteiger charge is 2.41. The van der Waals surface area contributed by atoms with Crippen LogP contribution < -0.4 is 0 Å². The molecule has 1 heterocycles. The highest BCUT2D eigenvalue weighted by atomic mass is 35.5. The zero-order valence-electron chi connectivity index (χ0n) is 7.29. The van der Waals surface area contributed by atoms with Gasteiger partial charge in [0.2, 0.25) is 0 Å². The Morgan fingerprint density at radius 1 is 1.54 bits per heavy atom. The van der Waals surface area contributed by atoms with E-state index in [1.165, 1.54) is 0 Å². The second-order valence-corrected chi connectivity index (χ2v) is 3.33. The summed E-state index contributed by atoms with van der Waals surface area (Å²) in [5.74, 6) is -0.600. The minimum Gasteiger partial charge on any atom is -0.479 e. The van der Waals surface area contributed by atoms with Gasteiger partial charge in [-0.2, -0.15) is 0 Å². The summed E-state index contributed by atoms with van der Waals surface area (Å²) in [6.07, 6.45) is 0.804. The van der Waals surface area contributed by atoms with Crippen LogP contribution in [0.15, 0.2) is 0 Å². The van der Waals surface area contributed by atoms with Gasteiger partial charge in [-0.15, -0.1) is 11.6 Å². The van der Waals surface area contributed by atoms with E-state index in [1.54, 1.807) is 0 Å². The number of halogens is 1. The summed E-state index contributed by atoms with van der Waals surface area (Å²) in [5.41, 5.74) is -1.06. The number of alkyl halides is 1. The molecule has 4 nitrogen and oxygen atoms in total. The number of carbonyl (C=O) groups is 1. The number of carboxylic acids is 1. The normalized spacial score (nSPS) is 21.3. The molecule has 0 amide bonds. The molecule has 0 radical (unpaired) electrons. The van der Waals surface area contributed by atoms with Crippen LogP contribution in [-0.2, 0) is 14.3 Å². The third-order valence-corrected chi connectivity index (χ3v) is 2.30. The Bertz CT molecular complexity index is 177. The second kappa shape index (κ2) is 4.79. The Balaban J connectivity index is 2.56. The van der Waals surface area contributed by atoms with Crippen molar-refractivity contribution in [3.8, 4) is 0 Å². The number of ether oxygens (including phenoxy) is 2. The number of hydrogen-bond acceptors (Lipinski definition) is 3. The van der Waals surface area contributed by atoms with E-state index in [0.29, 0.717) is 31.9 Å². The van der Waals surface area contributed by atoms with Crippen LogP contribution in [0.3, 0.4) is 0 Å². The molecule has 1 aliphatic rings. The molecule has 0 saturated carbocycles. The maximum atomic E-state index is 11.0. The third kappa shape index (κ3) is 2.56. The van der Waals surface area contributed by atoms with Crippen LogP contribution in [0.5, 0.6) is 0 Å². The number of carboxylic acid groups (broad SMARTS) is 1. The molecule has 0 aromatic rings. The number of hydrogen-bond donors (Lipinski definition) is 1. The van der Waals surface area contributed by atoms with Crippen LogP contribution in [0.1, 0.15) is 12.8 Å². The minimum absolute atomic E-state index is 0.272. The molecule has 0 atom stereocenters. The lowest BCUT2D eigenvalue weighted by molar-refractivity contribution is -0.177. The summed E-state index contributed by atoms with van der Waals surface area (Å²) in [4.78, 5) is 11.0. The molecule has 1 saturated heterocycles. The highest BCUT2D eigenvalue weighted by molar-refractivity contribution is 6.18. The molecule has 0 aromatic heterocycles. The first-order chi connectivity index (χ1) is 6.21. The van der Waals surface area contributed by atoms with Gasteiger partial charge in [0.25, 0.3) is 0 Å². The van der Waals surface area contributed by atoms with Crippen LogP contribution in [0.2, 0.25) is 0 Å². The largest absolute Gasteiger partial charge is 0.479 e.